The van der Waals surface area contributed by atoms with Gasteiger partial charge in [0.15, 0.2) is 9.84 Å². The highest BCUT2D eigenvalue weighted by Crippen LogP contribution is 2.21. The van der Waals surface area contributed by atoms with E-state index in [-0.39, 0.29) is 11.7 Å². The van der Waals surface area contributed by atoms with E-state index in [1.807, 2.05) is 6.92 Å². The van der Waals surface area contributed by atoms with Crippen LogP contribution < -0.4 is 11.1 Å². The van der Waals surface area contributed by atoms with Crippen LogP contribution in [0.15, 0.2) is 18.2 Å². The molecule has 1 aromatic rings. The molecule has 0 aromatic heterocycles. The molecular weight excluding hydrogens is 276 g/mol. The molecular formula is C14H22N2O3S. The monoisotopic (exact) mass is 298 g/mol. The number of sulfone groups is 1. The van der Waals surface area contributed by atoms with Gasteiger partial charge in [0.05, 0.1) is 11.8 Å². The van der Waals surface area contributed by atoms with E-state index in [1.54, 1.807) is 25.1 Å². The van der Waals surface area contributed by atoms with E-state index in [2.05, 4.69) is 5.32 Å². The van der Waals surface area contributed by atoms with E-state index in [0.717, 1.165) is 12.0 Å². The van der Waals surface area contributed by atoms with Gasteiger partial charge in [-0.05, 0) is 30.5 Å². The van der Waals surface area contributed by atoms with Gasteiger partial charge in [-0.3, -0.25) is 4.79 Å². The summed E-state index contributed by atoms with van der Waals surface area (Å²) < 4.78 is 22.7. The van der Waals surface area contributed by atoms with Gasteiger partial charge in [0, 0.05) is 11.9 Å². The maximum absolute atomic E-state index is 11.9. The Kier molecular flexibility index (Phi) is 5.71. The van der Waals surface area contributed by atoms with Crippen molar-refractivity contribution >= 4 is 21.4 Å². The smallest absolute Gasteiger partial charge is 0.241 e. The van der Waals surface area contributed by atoms with Crippen molar-refractivity contribution in [3.63, 3.8) is 0 Å². The van der Waals surface area contributed by atoms with Gasteiger partial charge in [-0.1, -0.05) is 25.5 Å². The lowest BCUT2D eigenvalue weighted by atomic mass is 10.1. The van der Waals surface area contributed by atoms with E-state index in [4.69, 9.17) is 5.73 Å². The summed E-state index contributed by atoms with van der Waals surface area (Å²) in [6.07, 6.45) is 2.64. The highest BCUT2D eigenvalue weighted by atomic mass is 32.2. The molecule has 0 bridgehead atoms. The molecule has 0 aliphatic rings. The number of benzene rings is 1. The molecule has 1 amide bonds. The number of hydrogen-bond donors (Lipinski definition) is 2. The number of nitrogens with one attached hydrogen (secondary N) is 1. The molecule has 0 radical (unpaired) electrons. The minimum atomic E-state index is -3.11. The molecule has 0 spiro atoms. The van der Waals surface area contributed by atoms with Gasteiger partial charge in [0.2, 0.25) is 5.91 Å². The van der Waals surface area contributed by atoms with Crippen LogP contribution in [0.4, 0.5) is 5.69 Å². The van der Waals surface area contributed by atoms with E-state index < -0.39 is 15.9 Å². The summed E-state index contributed by atoms with van der Waals surface area (Å²) in [6.45, 7) is 3.76. The second kappa shape index (κ2) is 6.85. The highest BCUT2D eigenvalue weighted by Gasteiger charge is 2.15. The van der Waals surface area contributed by atoms with Crippen LogP contribution in [0, 0.1) is 6.92 Å². The van der Waals surface area contributed by atoms with Gasteiger partial charge < -0.3 is 11.1 Å². The van der Waals surface area contributed by atoms with Crippen molar-refractivity contribution in [2.45, 2.75) is 38.5 Å². The largest absolute Gasteiger partial charge is 0.324 e. The van der Waals surface area contributed by atoms with Crippen LogP contribution in [0.2, 0.25) is 0 Å². The first-order valence-corrected chi connectivity index (χ1v) is 8.63. The SMILES string of the molecule is CCCC(N)C(=O)Nc1cccc(CS(C)(=O)=O)c1C. The quantitative estimate of drug-likeness (QED) is 0.835. The molecule has 1 atom stereocenters. The maximum atomic E-state index is 11.9. The molecule has 0 aliphatic heterocycles. The average Bonchev–Trinajstić information content (AvgIpc) is 2.32. The summed E-state index contributed by atoms with van der Waals surface area (Å²) in [4.78, 5) is 11.9. The Morgan fingerprint density at radius 3 is 2.60 bits per heavy atom. The molecule has 3 N–H and O–H groups in total. The molecule has 20 heavy (non-hydrogen) atoms. The van der Waals surface area contributed by atoms with Gasteiger partial charge in [-0.15, -0.1) is 0 Å². The van der Waals surface area contributed by atoms with E-state index in [1.165, 1.54) is 6.26 Å². The van der Waals surface area contributed by atoms with Crippen LogP contribution in [-0.2, 0) is 20.4 Å². The Morgan fingerprint density at radius 1 is 1.40 bits per heavy atom. The first-order valence-electron chi connectivity index (χ1n) is 6.57. The molecule has 6 heteroatoms. The fourth-order valence-corrected chi connectivity index (χ4v) is 2.80. The second-order valence-electron chi connectivity index (χ2n) is 5.04. The molecule has 0 aliphatic carbocycles. The normalized spacial score (nSPS) is 13.0. The third-order valence-corrected chi connectivity index (χ3v) is 3.89. The Bertz CT molecular complexity index is 582. The number of carbonyl (C=O) groups excluding carboxylic acids is 1. The van der Waals surface area contributed by atoms with Crippen molar-refractivity contribution in [3.8, 4) is 0 Å². The zero-order chi connectivity index (χ0) is 15.3. The van der Waals surface area contributed by atoms with Gasteiger partial charge in [0.1, 0.15) is 0 Å². The zero-order valence-electron chi connectivity index (χ0n) is 12.1. The van der Waals surface area contributed by atoms with Crippen LogP contribution in [0.5, 0.6) is 0 Å². The first kappa shape index (κ1) is 16.7. The summed E-state index contributed by atoms with van der Waals surface area (Å²) in [5.41, 5.74) is 7.82. The van der Waals surface area contributed by atoms with Crippen LogP contribution >= 0.6 is 0 Å². The number of hydrogen-bond acceptors (Lipinski definition) is 4. The van der Waals surface area contributed by atoms with Gasteiger partial charge >= 0.3 is 0 Å². The van der Waals surface area contributed by atoms with Gasteiger partial charge in [-0.2, -0.15) is 0 Å². The summed E-state index contributed by atoms with van der Waals surface area (Å²) in [5, 5.41) is 2.76. The van der Waals surface area contributed by atoms with Crippen molar-refractivity contribution in [1.82, 2.24) is 0 Å². The van der Waals surface area contributed by atoms with Gasteiger partial charge in [0.25, 0.3) is 0 Å². The molecule has 112 valence electrons. The van der Waals surface area contributed by atoms with E-state index in [0.29, 0.717) is 17.7 Å². The minimum absolute atomic E-state index is 0.0381. The predicted octanol–water partition coefficient (Wildman–Crippen LogP) is 1.61. The third kappa shape index (κ3) is 4.94. The number of nitrogens with two attached hydrogens (primary N) is 1. The fraction of sp³-hybridized carbons (Fsp3) is 0.500. The first-order chi connectivity index (χ1) is 9.24. The standard InChI is InChI=1S/C14H22N2O3S/c1-4-6-12(15)14(17)16-13-8-5-7-11(10(13)2)9-20(3,18)19/h5,7-8,12H,4,6,9,15H2,1-3H3,(H,16,17). The van der Waals surface area contributed by atoms with Crippen LogP contribution in [-0.4, -0.2) is 26.6 Å². The number of carbonyl (C=O) groups is 1. The predicted molar refractivity (Wildman–Crippen MR) is 81.2 cm³/mol. The number of rotatable bonds is 6. The molecule has 1 rings (SSSR count). The fourth-order valence-electron chi connectivity index (χ4n) is 1.93. The van der Waals surface area contributed by atoms with Crippen LogP contribution in [0.25, 0.3) is 0 Å². The minimum Gasteiger partial charge on any atom is -0.324 e. The third-order valence-electron chi connectivity index (χ3n) is 3.06. The van der Waals surface area contributed by atoms with Crippen molar-refractivity contribution < 1.29 is 13.2 Å². The lowest BCUT2D eigenvalue weighted by Gasteiger charge is -2.15. The summed E-state index contributed by atoms with van der Waals surface area (Å²) in [5.74, 6) is -0.282. The van der Waals surface area contributed by atoms with E-state index in [9.17, 15) is 13.2 Å². The van der Waals surface area contributed by atoms with Crippen molar-refractivity contribution in [2.24, 2.45) is 5.73 Å². The zero-order valence-corrected chi connectivity index (χ0v) is 13.0. The van der Waals surface area contributed by atoms with Crippen molar-refractivity contribution in [3.05, 3.63) is 29.3 Å². The number of amides is 1. The Morgan fingerprint density at radius 2 is 2.05 bits per heavy atom. The Hall–Kier alpha value is -1.40. The average molecular weight is 298 g/mol. The molecule has 1 aromatic carbocycles. The number of anilines is 1. The van der Waals surface area contributed by atoms with Gasteiger partial charge in [-0.25, -0.2) is 8.42 Å². The second-order valence-corrected chi connectivity index (χ2v) is 7.18. The van der Waals surface area contributed by atoms with E-state index >= 15 is 0 Å². The Labute approximate surface area is 120 Å². The topological polar surface area (TPSA) is 89.3 Å². The van der Waals surface area contributed by atoms with Crippen LogP contribution in [0.1, 0.15) is 30.9 Å². The highest BCUT2D eigenvalue weighted by molar-refractivity contribution is 7.89. The lowest BCUT2D eigenvalue weighted by Crippen LogP contribution is -2.35. The van der Waals surface area contributed by atoms with Crippen molar-refractivity contribution in [2.75, 3.05) is 11.6 Å². The molecule has 1 unspecified atom stereocenters. The molecule has 0 saturated carbocycles. The van der Waals surface area contributed by atoms with Crippen LogP contribution in [0.3, 0.4) is 0 Å². The molecule has 0 saturated heterocycles. The molecule has 5 nitrogen and oxygen atoms in total. The maximum Gasteiger partial charge on any atom is 0.241 e. The lowest BCUT2D eigenvalue weighted by molar-refractivity contribution is -0.117. The molecule has 0 fully saturated rings. The molecule has 0 heterocycles. The summed E-state index contributed by atoms with van der Waals surface area (Å²) >= 11 is 0. The summed E-state index contributed by atoms with van der Waals surface area (Å²) in [6, 6.07) is 4.68. The summed E-state index contributed by atoms with van der Waals surface area (Å²) in [7, 11) is -3.11. The Balaban J connectivity index is 2.92. The van der Waals surface area contributed by atoms with Crippen molar-refractivity contribution in [1.29, 1.82) is 0 Å².